The van der Waals surface area contributed by atoms with Crippen molar-refractivity contribution in [2.75, 3.05) is 7.11 Å². The molecule has 12 heavy (non-hydrogen) atoms. The van der Waals surface area contributed by atoms with Crippen molar-refractivity contribution in [3.05, 3.63) is 0 Å². The molecule has 0 amide bonds. The first kappa shape index (κ1) is 12.6. The zero-order valence-electron chi connectivity index (χ0n) is 9.36. The fourth-order valence-corrected chi connectivity index (χ4v) is 13.4. The van der Waals surface area contributed by atoms with E-state index in [1.807, 2.05) is 0 Å². The summed E-state index contributed by atoms with van der Waals surface area (Å²) in [6.07, 6.45) is 0. The molecule has 1 nitrogen and oxygen atoms in total. The average Bonchev–Trinajstić information content (AvgIpc) is 1.77. The van der Waals surface area contributed by atoms with Crippen LogP contribution in [0.5, 0.6) is 0 Å². The van der Waals surface area contributed by atoms with Gasteiger partial charge >= 0.3 is 0 Å². The van der Waals surface area contributed by atoms with Gasteiger partial charge in [0.05, 0.1) is 16.1 Å². The molecule has 0 aliphatic heterocycles. The number of rotatable bonds is 3. The van der Waals surface area contributed by atoms with E-state index in [0.717, 1.165) is 8.43 Å². The summed E-state index contributed by atoms with van der Waals surface area (Å²) in [5, 5.41) is 0. The summed E-state index contributed by atoms with van der Waals surface area (Å²) in [7, 11) is 0.729. The second kappa shape index (κ2) is 4.18. The summed E-state index contributed by atoms with van der Waals surface area (Å²) in [5.41, 5.74) is 0. The topological polar surface area (TPSA) is 9.23 Å². The smallest absolute Gasteiger partial charge is 0.0760 e. The van der Waals surface area contributed by atoms with Crippen molar-refractivity contribution in [1.29, 1.82) is 0 Å². The van der Waals surface area contributed by atoms with Gasteiger partial charge in [0.1, 0.15) is 0 Å². The van der Waals surface area contributed by atoms with Gasteiger partial charge in [0.2, 0.25) is 0 Å². The van der Waals surface area contributed by atoms with Crippen molar-refractivity contribution >= 4 is 29.1 Å². The molecule has 0 atom stereocenters. The highest BCUT2D eigenvalue weighted by atomic mass is 31.1. The van der Waals surface area contributed by atoms with Gasteiger partial charge in [0.25, 0.3) is 0 Å². The molecule has 0 rings (SSSR count). The van der Waals surface area contributed by atoms with E-state index in [1.165, 1.54) is 0 Å². The third kappa shape index (κ3) is 3.99. The largest absolute Gasteiger partial charge is 0.330 e. The summed E-state index contributed by atoms with van der Waals surface area (Å²) in [4.78, 5) is 0. The van der Waals surface area contributed by atoms with Crippen molar-refractivity contribution in [3.63, 3.8) is 0 Å². The van der Waals surface area contributed by atoms with Gasteiger partial charge < -0.3 is 4.52 Å². The maximum atomic E-state index is 5.26. The monoisotopic (exact) mass is 220 g/mol. The lowest BCUT2D eigenvalue weighted by Crippen LogP contribution is -2.48. The van der Waals surface area contributed by atoms with Gasteiger partial charge in [-0.3, -0.25) is 0 Å². The molecule has 0 N–H and O–H groups in total. The van der Waals surface area contributed by atoms with Crippen LogP contribution in [-0.2, 0) is 4.52 Å². The van der Waals surface area contributed by atoms with E-state index < -0.39 is 16.1 Å². The van der Waals surface area contributed by atoms with E-state index in [0.29, 0.717) is 0 Å². The highest BCUT2D eigenvalue weighted by Gasteiger charge is 2.31. The van der Waals surface area contributed by atoms with Crippen LogP contribution in [0.15, 0.2) is 0 Å². The zero-order valence-corrected chi connectivity index (χ0v) is 12.2. The van der Waals surface area contributed by atoms with Gasteiger partial charge in [-0.1, -0.05) is 39.3 Å². The Bertz CT molecular complexity index is 160. The Morgan fingerprint density at radius 1 is 0.917 bits per heavy atom. The molecule has 0 aliphatic carbocycles. The number of hydrogen-bond donors (Lipinski definition) is 0. The molecule has 72 valence electrons. The molecule has 0 radical (unpaired) electrons. The lowest BCUT2D eigenvalue weighted by atomic mass is 11.7. The second-order valence-corrected chi connectivity index (χ2v) is 17.5. The molecule has 0 aromatic rings. The fourth-order valence-electron chi connectivity index (χ4n) is 1.49. The van der Waals surface area contributed by atoms with Crippen LogP contribution in [0.4, 0.5) is 0 Å². The maximum Gasteiger partial charge on any atom is 0.0760 e. The van der Waals surface area contributed by atoms with Gasteiger partial charge in [0.15, 0.2) is 0 Å². The van der Waals surface area contributed by atoms with E-state index in [9.17, 15) is 0 Å². The minimum atomic E-state index is -1.10. The summed E-state index contributed by atoms with van der Waals surface area (Å²) in [5.74, 6) is 0. The van der Waals surface area contributed by atoms with E-state index in [4.69, 9.17) is 4.52 Å². The third-order valence-corrected chi connectivity index (χ3v) is 13.9. The van der Waals surface area contributed by atoms with Crippen molar-refractivity contribution in [2.45, 2.75) is 39.3 Å². The molecule has 4 heteroatoms. The maximum absolute atomic E-state index is 5.26. The fraction of sp³-hybridized carbons (Fsp3) is 0.875. The zero-order chi connectivity index (χ0) is 9.99. The van der Waals surface area contributed by atoms with Gasteiger partial charge in [-0.05, 0) is 4.54 Å². The van der Waals surface area contributed by atoms with Crippen LogP contribution in [0.1, 0.15) is 0 Å². The van der Waals surface area contributed by atoms with E-state index >= 15 is 0 Å². The minimum Gasteiger partial charge on any atom is -0.330 e. The second-order valence-electron chi connectivity index (χ2n) is 5.12. The Labute approximate surface area is 80.4 Å². The van der Waals surface area contributed by atoms with Crippen molar-refractivity contribution in [1.82, 2.24) is 0 Å². The molecule has 0 fully saturated rings. The van der Waals surface area contributed by atoms with Crippen LogP contribution in [0, 0.1) is 0 Å². The van der Waals surface area contributed by atoms with E-state index in [2.05, 4.69) is 39.3 Å². The summed E-state index contributed by atoms with van der Waals surface area (Å²) in [6, 6.07) is 0. The molecule has 0 spiro atoms. The predicted molar refractivity (Wildman–Crippen MR) is 65.6 cm³/mol. The first-order chi connectivity index (χ1) is 5.19. The summed E-state index contributed by atoms with van der Waals surface area (Å²) < 4.78 is 6.98. The van der Waals surface area contributed by atoms with Crippen LogP contribution in [0.25, 0.3) is 0 Å². The van der Waals surface area contributed by atoms with Gasteiger partial charge in [-0.2, -0.15) is 0 Å². The molecule has 0 bridgehead atoms. The Morgan fingerprint density at radius 2 is 1.25 bits per heavy atom. The van der Waals surface area contributed by atoms with Crippen LogP contribution in [-0.4, -0.2) is 27.8 Å². The standard InChI is InChI=1S/C8H21OPSi2/c1-9-10-8(11(2,3)4)12(5,6)7/h1-7H3. The molecule has 0 saturated carbocycles. The van der Waals surface area contributed by atoms with Crippen LogP contribution in [0.2, 0.25) is 39.3 Å². The molecule has 0 aromatic carbocycles. The lowest BCUT2D eigenvalue weighted by Gasteiger charge is -2.29. The Morgan fingerprint density at radius 3 is 1.33 bits per heavy atom. The van der Waals surface area contributed by atoms with Crippen LogP contribution >= 0.6 is 8.43 Å². The Hall–Kier alpha value is 0.564. The predicted octanol–water partition coefficient (Wildman–Crippen LogP) is 3.42. The van der Waals surface area contributed by atoms with Crippen molar-refractivity contribution < 1.29 is 4.52 Å². The normalized spacial score (nSPS) is 13.6. The first-order valence-electron chi connectivity index (χ1n) is 4.31. The molecule has 0 heterocycles. The van der Waals surface area contributed by atoms with Crippen molar-refractivity contribution in [3.8, 4) is 0 Å². The first-order valence-corrected chi connectivity index (χ1v) is 12.1. The van der Waals surface area contributed by atoms with Crippen LogP contribution < -0.4 is 0 Å². The van der Waals surface area contributed by atoms with E-state index in [1.54, 1.807) is 11.6 Å². The molecular formula is C8H21OPSi2. The van der Waals surface area contributed by atoms with Crippen LogP contribution in [0.3, 0.4) is 0 Å². The third-order valence-electron chi connectivity index (χ3n) is 1.60. The lowest BCUT2D eigenvalue weighted by molar-refractivity contribution is 0.486. The quantitative estimate of drug-likeness (QED) is 0.523. The minimum absolute atomic E-state index is 1.10. The highest BCUT2D eigenvalue weighted by molar-refractivity contribution is 7.60. The Balaban J connectivity index is 4.83. The summed E-state index contributed by atoms with van der Waals surface area (Å²) in [6.45, 7) is 14.5. The average molecular weight is 220 g/mol. The number of hydrogen-bond acceptors (Lipinski definition) is 1. The van der Waals surface area contributed by atoms with E-state index in [-0.39, 0.29) is 0 Å². The van der Waals surface area contributed by atoms with Gasteiger partial charge in [-0.25, -0.2) is 0 Å². The molecule has 0 saturated heterocycles. The van der Waals surface area contributed by atoms with Gasteiger partial charge in [0, 0.05) is 15.5 Å². The molecule has 0 unspecified atom stereocenters. The Kier molecular flexibility index (Phi) is 4.38. The molecular weight excluding hydrogens is 199 g/mol. The SMILES string of the molecule is COP=C([Si](C)(C)C)[Si](C)(C)C. The van der Waals surface area contributed by atoms with Crippen molar-refractivity contribution in [2.24, 2.45) is 0 Å². The highest BCUT2D eigenvalue weighted by Crippen LogP contribution is 2.21. The molecule has 0 aromatic heterocycles. The van der Waals surface area contributed by atoms with Gasteiger partial charge in [-0.15, -0.1) is 0 Å². The molecule has 0 aliphatic rings. The summed E-state index contributed by atoms with van der Waals surface area (Å²) >= 11 is 0.